The lowest BCUT2D eigenvalue weighted by molar-refractivity contribution is 0.251. The maximum absolute atomic E-state index is 5.79. The minimum Gasteiger partial charge on any atom is -0.476 e. The van der Waals surface area contributed by atoms with E-state index >= 15 is 0 Å². The van der Waals surface area contributed by atoms with E-state index in [1.54, 1.807) is 0 Å². The number of likely N-dealkylation sites (N-methyl/N-ethyl adjacent to an activating group) is 1. The molecule has 0 aliphatic rings. The first kappa shape index (κ1) is 15.7. The minimum atomic E-state index is 0.286. The quantitative estimate of drug-likeness (QED) is 0.820. The monoisotopic (exact) mass is 266 g/mol. The van der Waals surface area contributed by atoms with Crippen molar-refractivity contribution in [2.24, 2.45) is 0 Å². The number of hydrogen-bond acceptors (Lipinski definition) is 5. The molecule has 19 heavy (non-hydrogen) atoms. The summed E-state index contributed by atoms with van der Waals surface area (Å²) in [5.74, 6) is 2.67. The molecule has 1 aromatic rings. The summed E-state index contributed by atoms with van der Waals surface area (Å²) < 4.78 is 5.79. The number of nitrogens with zero attached hydrogens (tertiary/aromatic N) is 3. The molecule has 0 fully saturated rings. The molecule has 1 heterocycles. The Labute approximate surface area is 116 Å². The normalized spacial score (nSPS) is 11.2. The molecular weight excluding hydrogens is 240 g/mol. The summed E-state index contributed by atoms with van der Waals surface area (Å²) in [6.07, 6.45) is 0. The van der Waals surface area contributed by atoms with Crippen LogP contribution in [0.25, 0.3) is 0 Å². The van der Waals surface area contributed by atoms with Gasteiger partial charge >= 0.3 is 0 Å². The van der Waals surface area contributed by atoms with Crippen molar-refractivity contribution in [2.45, 2.75) is 33.6 Å². The number of hydrogen-bond donors (Lipinski definition) is 1. The highest BCUT2D eigenvalue weighted by molar-refractivity contribution is 5.48. The third kappa shape index (κ3) is 4.67. The molecule has 5 heteroatoms. The lowest BCUT2D eigenvalue weighted by Crippen LogP contribution is -2.20. The molecule has 0 unspecified atom stereocenters. The van der Waals surface area contributed by atoms with Gasteiger partial charge in [-0.3, -0.25) is 0 Å². The molecule has 0 radical (unpaired) electrons. The van der Waals surface area contributed by atoms with Crippen LogP contribution in [0.5, 0.6) is 5.88 Å². The SMILES string of the molecule is CCNc1nc(C(C)C)nc(OCCN(C)C)c1C. The van der Waals surface area contributed by atoms with E-state index in [0.717, 1.165) is 30.3 Å². The maximum atomic E-state index is 5.79. The van der Waals surface area contributed by atoms with Crippen molar-refractivity contribution in [3.05, 3.63) is 11.4 Å². The van der Waals surface area contributed by atoms with Gasteiger partial charge < -0.3 is 15.0 Å². The molecular formula is C14H26N4O. The van der Waals surface area contributed by atoms with Gasteiger partial charge in [-0.15, -0.1) is 0 Å². The van der Waals surface area contributed by atoms with E-state index in [0.29, 0.717) is 12.5 Å². The van der Waals surface area contributed by atoms with E-state index in [1.165, 1.54) is 0 Å². The molecule has 0 spiro atoms. The topological polar surface area (TPSA) is 50.3 Å². The Morgan fingerprint density at radius 3 is 2.47 bits per heavy atom. The Kier molecular flexibility index (Phi) is 6.02. The fourth-order valence-corrected chi connectivity index (χ4v) is 1.58. The van der Waals surface area contributed by atoms with Crippen LogP contribution in [0, 0.1) is 6.92 Å². The van der Waals surface area contributed by atoms with Gasteiger partial charge in [-0.25, -0.2) is 4.98 Å². The van der Waals surface area contributed by atoms with Crippen molar-refractivity contribution >= 4 is 5.82 Å². The van der Waals surface area contributed by atoms with Gasteiger partial charge in [0.2, 0.25) is 5.88 Å². The largest absolute Gasteiger partial charge is 0.476 e. The maximum Gasteiger partial charge on any atom is 0.221 e. The van der Waals surface area contributed by atoms with E-state index in [1.807, 2.05) is 21.0 Å². The van der Waals surface area contributed by atoms with Crippen LogP contribution < -0.4 is 10.1 Å². The van der Waals surface area contributed by atoms with Gasteiger partial charge in [0.15, 0.2) is 0 Å². The van der Waals surface area contributed by atoms with Gasteiger partial charge in [0.1, 0.15) is 18.2 Å². The Morgan fingerprint density at radius 2 is 1.95 bits per heavy atom. The number of anilines is 1. The van der Waals surface area contributed by atoms with E-state index < -0.39 is 0 Å². The van der Waals surface area contributed by atoms with E-state index in [4.69, 9.17) is 4.74 Å². The summed E-state index contributed by atoms with van der Waals surface area (Å²) in [4.78, 5) is 11.2. The van der Waals surface area contributed by atoms with Crippen molar-refractivity contribution in [3.8, 4) is 5.88 Å². The summed E-state index contributed by atoms with van der Waals surface area (Å²) in [6.45, 7) is 10.6. The van der Waals surface area contributed by atoms with Gasteiger partial charge in [0.25, 0.3) is 0 Å². The van der Waals surface area contributed by atoms with Gasteiger partial charge in [-0.2, -0.15) is 4.98 Å². The first-order valence-electron chi connectivity index (χ1n) is 6.85. The first-order valence-corrected chi connectivity index (χ1v) is 6.85. The molecule has 1 rings (SSSR count). The fraction of sp³-hybridized carbons (Fsp3) is 0.714. The zero-order valence-corrected chi connectivity index (χ0v) is 12.9. The highest BCUT2D eigenvalue weighted by Crippen LogP contribution is 2.24. The molecule has 0 amide bonds. The summed E-state index contributed by atoms with van der Waals surface area (Å²) >= 11 is 0. The second-order valence-corrected chi connectivity index (χ2v) is 5.20. The fourth-order valence-electron chi connectivity index (χ4n) is 1.58. The molecule has 0 saturated carbocycles. The molecule has 0 bridgehead atoms. The second-order valence-electron chi connectivity index (χ2n) is 5.20. The Morgan fingerprint density at radius 1 is 1.26 bits per heavy atom. The van der Waals surface area contributed by atoms with Crippen molar-refractivity contribution in [1.82, 2.24) is 14.9 Å². The van der Waals surface area contributed by atoms with Crippen LogP contribution in [0.2, 0.25) is 0 Å². The van der Waals surface area contributed by atoms with Gasteiger partial charge in [0.05, 0.1) is 5.56 Å². The van der Waals surface area contributed by atoms with Crippen molar-refractivity contribution < 1.29 is 4.74 Å². The highest BCUT2D eigenvalue weighted by atomic mass is 16.5. The van der Waals surface area contributed by atoms with Crippen molar-refractivity contribution in [2.75, 3.05) is 39.1 Å². The van der Waals surface area contributed by atoms with Crippen LogP contribution in [0.4, 0.5) is 5.82 Å². The van der Waals surface area contributed by atoms with Crippen LogP contribution in [0.15, 0.2) is 0 Å². The standard InChI is InChI=1S/C14H26N4O/c1-7-15-13-11(4)14(19-9-8-18(5)6)17-12(16-13)10(2)3/h10H,7-9H2,1-6H3,(H,15,16,17). The summed E-state index contributed by atoms with van der Waals surface area (Å²) in [7, 11) is 4.06. The number of rotatable bonds is 7. The molecule has 0 aliphatic carbocycles. The number of aromatic nitrogens is 2. The molecule has 1 N–H and O–H groups in total. The summed E-state index contributed by atoms with van der Waals surface area (Å²) in [5, 5.41) is 3.27. The van der Waals surface area contributed by atoms with Crippen LogP contribution in [-0.2, 0) is 0 Å². The molecule has 0 aromatic carbocycles. The predicted molar refractivity (Wildman–Crippen MR) is 79.1 cm³/mol. The third-order valence-corrected chi connectivity index (χ3v) is 2.76. The van der Waals surface area contributed by atoms with Crippen LogP contribution >= 0.6 is 0 Å². The van der Waals surface area contributed by atoms with Gasteiger partial charge in [-0.05, 0) is 27.9 Å². The molecule has 0 saturated heterocycles. The average molecular weight is 266 g/mol. The average Bonchev–Trinajstić information content (AvgIpc) is 2.33. The Balaban J connectivity index is 2.93. The van der Waals surface area contributed by atoms with E-state index in [-0.39, 0.29) is 5.92 Å². The van der Waals surface area contributed by atoms with E-state index in [2.05, 4.69) is 41.0 Å². The number of ether oxygens (including phenoxy) is 1. The predicted octanol–water partition coefficient (Wildman–Crippen LogP) is 2.28. The lowest BCUT2D eigenvalue weighted by atomic mass is 10.2. The lowest BCUT2D eigenvalue weighted by Gasteiger charge is -2.16. The van der Waals surface area contributed by atoms with Crippen LogP contribution in [0.3, 0.4) is 0 Å². The Bertz CT molecular complexity index is 405. The molecule has 0 aliphatic heterocycles. The number of nitrogens with one attached hydrogen (secondary N) is 1. The molecule has 1 aromatic heterocycles. The van der Waals surface area contributed by atoms with Crippen molar-refractivity contribution in [3.63, 3.8) is 0 Å². The zero-order chi connectivity index (χ0) is 14.4. The minimum absolute atomic E-state index is 0.286. The zero-order valence-electron chi connectivity index (χ0n) is 12.9. The van der Waals surface area contributed by atoms with Crippen LogP contribution in [0.1, 0.15) is 38.1 Å². The van der Waals surface area contributed by atoms with Crippen molar-refractivity contribution in [1.29, 1.82) is 0 Å². The van der Waals surface area contributed by atoms with E-state index in [9.17, 15) is 0 Å². The highest BCUT2D eigenvalue weighted by Gasteiger charge is 2.13. The molecule has 108 valence electrons. The smallest absolute Gasteiger partial charge is 0.221 e. The Hall–Kier alpha value is -1.36. The second kappa shape index (κ2) is 7.28. The molecule has 5 nitrogen and oxygen atoms in total. The van der Waals surface area contributed by atoms with Gasteiger partial charge in [0, 0.05) is 19.0 Å². The summed E-state index contributed by atoms with van der Waals surface area (Å²) in [5.41, 5.74) is 0.977. The van der Waals surface area contributed by atoms with Crippen LogP contribution in [-0.4, -0.2) is 48.7 Å². The molecule has 0 atom stereocenters. The first-order chi connectivity index (χ1) is 8.95. The third-order valence-electron chi connectivity index (χ3n) is 2.76. The van der Waals surface area contributed by atoms with Gasteiger partial charge in [-0.1, -0.05) is 13.8 Å². The summed E-state index contributed by atoms with van der Waals surface area (Å²) in [6, 6.07) is 0.